The van der Waals surface area contributed by atoms with E-state index < -0.39 is 0 Å². The highest BCUT2D eigenvalue weighted by Crippen LogP contribution is 2.28. The van der Waals surface area contributed by atoms with Crippen molar-refractivity contribution in [3.05, 3.63) is 42.0 Å². The molecule has 1 N–H and O–H groups in total. The fourth-order valence-electron chi connectivity index (χ4n) is 2.14. The average Bonchev–Trinajstić information content (AvgIpc) is 2.70. The van der Waals surface area contributed by atoms with Crippen molar-refractivity contribution >= 4 is 5.57 Å². The summed E-state index contributed by atoms with van der Waals surface area (Å²) in [5.41, 5.74) is 3.89. The van der Waals surface area contributed by atoms with Gasteiger partial charge in [-0.3, -0.25) is 0 Å². The topological polar surface area (TPSA) is 12.0 Å². The van der Waals surface area contributed by atoms with Gasteiger partial charge in [-0.15, -0.1) is 0 Å². The van der Waals surface area contributed by atoms with Crippen molar-refractivity contribution in [1.82, 2.24) is 5.32 Å². The number of hydrogen-bond donors (Lipinski definition) is 1. The van der Waals surface area contributed by atoms with Crippen LogP contribution in [0.5, 0.6) is 0 Å². The van der Waals surface area contributed by atoms with E-state index in [2.05, 4.69) is 43.1 Å². The Morgan fingerprint density at radius 3 is 2.86 bits per heavy atom. The van der Waals surface area contributed by atoms with Crippen molar-refractivity contribution in [2.24, 2.45) is 0 Å². The summed E-state index contributed by atoms with van der Waals surface area (Å²) < 4.78 is 0. The number of allylic oxidation sites excluding steroid dienone is 1. The molecule has 1 heterocycles. The predicted molar refractivity (Wildman–Crippen MR) is 61.1 cm³/mol. The molecule has 1 aromatic carbocycles. The summed E-state index contributed by atoms with van der Waals surface area (Å²) in [5, 5.41) is 3.53. The Labute approximate surface area is 85.8 Å². The minimum absolute atomic E-state index is 0.544. The standard InChI is InChI=1S/C13H17N/c1-10(2)11-6-3-4-7-12(11)13-8-5-9-14-13/h3-4,6-7,13-14H,1,5,8-9H2,2H3. The first-order valence-electron chi connectivity index (χ1n) is 5.27. The fraction of sp³-hybridized carbons (Fsp3) is 0.385. The first-order valence-corrected chi connectivity index (χ1v) is 5.27. The van der Waals surface area contributed by atoms with Gasteiger partial charge in [0.25, 0.3) is 0 Å². The molecule has 2 rings (SSSR count). The zero-order chi connectivity index (χ0) is 9.97. The van der Waals surface area contributed by atoms with Crippen molar-refractivity contribution in [3.63, 3.8) is 0 Å². The third kappa shape index (κ3) is 1.73. The van der Waals surface area contributed by atoms with Gasteiger partial charge in [0.2, 0.25) is 0 Å². The van der Waals surface area contributed by atoms with Crippen LogP contribution in [0, 0.1) is 0 Å². The molecule has 0 aliphatic carbocycles. The largest absolute Gasteiger partial charge is 0.310 e. The Kier molecular flexibility index (Phi) is 2.69. The van der Waals surface area contributed by atoms with E-state index in [1.807, 2.05) is 0 Å². The molecule has 0 spiro atoms. The second-order valence-electron chi connectivity index (χ2n) is 4.02. The zero-order valence-electron chi connectivity index (χ0n) is 8.72. The molecule has 14 heavy (non-hydrogen) atoms. The van der Waals surface area contributed by atoms with Crippen molar-refractivity contribution < 1.29 is 0 Å². The van der Waals surface area contributed by atoms with Crippen LogP contribution in [0.4, 0.5) is 0 Å². The molecule has 0 bridgehead atoms. The highest BCUT2D eigenvalue weighted by atomic mass is 14.9. The van der Waals surface area contributed by atoms with Gasteiger partial charge in [0, 0.05) is 6.04 Å². The number of rotatable bonds is 2. The van der Waals surface area contributed by atoms with Crippen LogP contribution in [0.15, 0.2) is 30.8 Å². The van der Waals surface area contributed by atoms with Crippen LogP contribution >= 0.6 is 0 Å². The average molecular weight is 187 g/mol. The summed E-state index contributed by atoms with van der Waals surface area (Å²) in [4.78, 5) is 0. The lowest BCUT2D eigenvalue weighted by Gasteiger charge is -2.15. The molecular formula is C13H17N. The van der Waals surface area contributed by atoms with E-state index >= 15 is 0 Å². The summed E-state index contributed by atoms with van der Waals surface area (Å²) in [6, 6.07) is 9.12. The molecule has 1 heteroatoms. The van der Waals surface area contributed by atoms with Crippen molar-refractivity contribution in [3.8, 4) is 0 Å². The van der Waals surface area contributed by atoms with E-state index in [9.17, 15) is 0 Å². The highest BCUT2D eigenvalue weighted by Gasteiger charge is 2.18. The van der Waals surface area contributed by atoms with E-state index in [-0.39, 0.29) is 0 Å². The highest BCUT2D eigenvalue weighted by molar-refractivity contribution is 5.65. The first kappa shape index (κ1) is 9.47. The molecule has 0 radical (unpaired) electrons. The predicted octanol–water partition coefficient (Wildman–Crippen LogP) is 3.14. The molecule has 1 fully saturated rings. The lowest BCUT2D eigenvalue weighted by molar-refractivity contribution is 0.646. The van der Waals surface area contributed by atoms with E-state index in [1.54, 1.807) is 0 Å². The molecule has 1 aliphatic rings. The van der Waals surface area contributed by atoms with Gasteiger partial charge in [0.05, 0.1) is 0 Å². The third-order valence-electron chi connectivity index (χ3n) is 2.86. The van der Waals surface area contributed by atoms with Gasteiger partial charge in [0.1, 0.15) is 0 Å². The minimum atomic E-state index is 0.544. The third-order valence-corrected chi connectivity index (χ3v) is 2.86. The molecule has 0 amide bonds. The lowest BCUT2D eigenvalue weighted by atomic mass is 9.95. The van der Waals surface area contributed by atoms with Crippen molar-refractivity contribution in [2.75, 3.05) is 6.54 Å². The zero-order valence-corrected chi connectivity index (χ0v) is 8.72. The van der Waals surface area contributed by atoms with Crippen LogP contribution in [0.1, 0.15) is 36.9 Å². The Morgan fingerprint density at radius 2 is 2.21 bits per heavy atom. The molecule has 1 unspecified atom stereocenters. The molecular weight excluding hydrogens is 170 g/mol. The van der Waals surface area contributed by atoms with Crippen molar-refractivity contribution in [2.45, 2.75) is 25.8 Å². The van der Waals surface area contributed by atoms with Crippen LogP contribution in [0.25, 0.3) is 5.57 Å². The molecule has 1 nitrogen and oxygen atoms in total. The van der Waals surface area contributed by atoms with Gasteiger partial charge in [-0.2, -0.15) is 0 Å². The molecule has 1 saturated heterocycles. The van der Waals surface area contributed by atoms with Crippen molar-refractivity contribution in [1.29, 1.82) is 0 Å². The van der Waals surface area contributed by atoms with E-state index in [1.165, 1.54) is 24.0 Å². The quantitative estimate of drug-likeness (QED) is 0.750. The molecule has 74 valence electrons. The Hall–Kier alpha value is -1.08. The van der Waals surface area contributed by atoms with Gasteiger partial charge < -0.3 is 5.32 Å². The second kappa shape index (κ2) is 3.97. The van der Waals surface area contributed by atoms with E-state index in [0.717, 1.165) is 12.1 Å². The summed E-state index contributed by atoms with van der Waals surface area (Å²) >= 11 is 0. The SMILES string of the molecule is C=C(C)c1ccccc1C1CCCN1. The van der Waals surface area contributed by atoms with Gasteiger partial charge in [0.15, 0.2) is 0 Å². The molecule has 0 aromatic heterocycles. The minimum Gasteiger partial charge on any atom is -0.310 e. The fourth-order valence-corrected chi connectivity index (χ4v) is 2.14. The number of hydrogen-bond acceptors (Lipinski definition) is 1. The molecule has 1 atom stereocenters. The summed E-state index contributed by atoms with van der Waals surface area (Å²) in [7, 11) is 0. The van der Waals surface area contributed by atoms with Crippen LogP contribution in [-0.4, -0.2) is 6.54 Å². The number of benzene rings is 1. The molecule has 1 aliphatic heterocycles. The first-order chi connectivity index (χ1) is 6.79. The van der Waals surface area contributed by atoms with E-state index in [0.29, 0.717) is 6.04 Å². The van der Waals surface area contributed by atoms with Gasteiger partial charge in [-0.25, -0.2) is 0 Å². The summed E-state index contributed by atoms with van der Waals surface area (Å²) in [6.45, 7) is 7.25. The summed E-state index contributed by atoms with van der Waals surface area (Å²) in [6.07, 6.45) is 2.54. The monoisotopic (exact) mass is 187 g/mol. The van der Waals surface area contributed by atoms with Crippen LogP contribution in [-0.2, 0) is 0 Å². The Balaban J connectivity index is 2.35. The van der Waals surface area contributed by atoms with Crippen LogP contribution in [0.2, 0.25) is 0 Å². The molecule has 0 saturated carbocycles. The maximum atomic E-state index is 4.03. The maximum absolute atomic E-state index is 4.03. The number of nitrogens with one attached hydrogen (secondary N) is 1. The van der Waals surface area contributed by atoms with Crippen LogP contribution in [0.3, 0.4) is 0 Å². The normalized spacial score (nSPS) is 21.1. The van der Waals surface area contributed by atoms with Gasteiger partial charge in [-0.05, 0) is 37.4 Å². The lowest BCUT2D eigenvalue weighted by Crippen LogP contribution is -2.14. The van der Waals surface area contributed by atoms with Gasteiger partial charge in [-0.1, -0.05) is 36.4 Å². The van der Waals surface area contributed by atoms with Gasteiger partial charge >= 0.3 is 0 Å². The smallest absolute Gasteiger partial charge is 0.0326 e. The van der Waals surface area contributed by atoms with E-state index in [4.69, 9.17) is 0 Å². The Morgan fingerprint density at radius 1 is 1.43 bits per heavy atom. The molecule has 1 aromatic rings. The maximum Gasteiger partial charge on any atom is 0.0326 e. The van der Waals surface area contributed by atoms with Crippen LogP contribution < -0.4 is 5.32 Å². The Bertz CT molecular complexity index is 335. The summed E-state index contributed by atoms with van der Waals surface area (Å²) in [5.74, 6) is 0. The second-order valence-corrected chi connectivity index (χ2v) is 4.02.